The van der Waals surface area contributed by atoms with E-state index in [1.54, 1.807) is 18.2 Å². The van der Waals surface area contributed by atoms with Crippen LogP contribution in [0.5, 0.6) is 0 Å². The third-order valence-corrected chi connectivity index (χ3v) is 5.93. The number of pyridine rings is 1. The van der Waals surface area contributed by atoms with Gasteiger partial charge in [-0.2, -0.15) is 5.10 Å². The minimum Gasteiger partial charge on any atom is -0.350 e. The van der Waals surface area contributed by atoms with Crippen LogP contribution in [0.25, 0.3) is 11.0 Å². The number of carbonyl (C=O) groups excluding carboxylic acids is 2. The predicted molar refractivity (Wildman–Crippen MR) is 131 cm³/mol. The van der Waals surface area contributed by atoms with Crippen LogP contribution in [-0.2, 0) is 5.54 Å². The fourth-order valence-corrected chi connectivity index (χ4v) is 4.01. The minimum absolute atomic E-state index is 0.000467. The molecule has 174 valence electrons. The molecule has 0 spiro atoms. The van der Waals surface area contributed by atoms with Gasteiger partial charge in [0.2, 0.25) is 0 Å². The number of nitrogens with zero attached hydrogens (tertiary/aromatic N) is 3. The van der Waals surface area contributed by atoms with E-state index in [-0.39, 0.29) is 23.4 Å². The van der Waals surface area contributed by atoms with Gasteiger partial charge in [0.15, 0.2) is 5.65 Å². The molecule has 8 heteroatoms. The van der Waals surface area contributed by atoms with E-state index in [9.17, 15) is 9.59 Å². The fourth-order valence-electron chi connectivity index (χ4n) is 3.84. The summed E-state index contributed by atoms with van der Waals surface area (Å²) in [6.45, 7) is 11.9. The Balaban J connectivity index is 1.76. The molecule has 0 radical (unpaired) electrons. The molecule has 1 aliphatic carbocycles. The molecular weight excluding hydrogens is 438 g/mol. The average Bonchev–Trinajstić information content (AvgIpc) is 3.51. The molecule has 3 aromatic rings. The smallest absolute Gasteiger partial charge is 0.256 e. The normalized spacial score (nSPS) is 14.1. The topological polar surface area (TPSA) is 88.9 Å². The van der Waals surface area contributed by atoms with E-state index in [4.69, 9.17) is 21.7 Å². The molecule has 1 fully saturated rings. The van der Waals surface area contributed by atoms with E-state index in [2.05, 4.69) is 31.4 Å². The number of hydrogen-bond acceptors (Lipinski definition) is 4. The number of fused-ring (bicyclic) bond motifs is 1. The first-order valence-electron chi connectivity index (χ1n) is 11.3. The van der Waals surface area contributed by atoms with Crippen LogP contribution in [0, 0.1) is 6.92 Å². The lowest BCUT2D eigenvalue weighted by Crippen LogP contribution is -2.30. The van der Waals surface area contributed by atoms with Crippen molar-refractivity contribution in [3.8, 4) is 0 Å². The molecule has 2 heterocycles. The molecule has 2 amide bonds. The molecule has 7 nitrogen and oxygen atoms in total. The highest BCUT2D eigenvalue weighted by atomic mass is 35.5. The quantitative estimate of drug-likeness (QED) is 0.524. The molecule has 1 aromatic carbocycles. The number of aromatic nitrogens is 3. The van der Waals surface area contributed by atoms with Crippen LogP contribution in [0.1, 0.15) is 85.5 Å². The Morgan fingerprint density at radius 3 is 2.45 bits per heavy atom. The molecule has 33 heavy (non-hydrogen) atoms. The predicted octanol–water partition coefficient (Wildman–Crippen LogP) is 5.42. The summed E-state index contributed by atoms with van der Waals surface area (Å²) in [5.41, 5.74) is 3.42. The van der Waals surface area contributed by atoms with Crippen molar-refractivity contribution in [2.45, 2.75) is 71.9 Å². The maximum Gasteiger partial charge on any atom is 0.256 e. The number of nitrogens with one attached hydrogen (secondary N) is 2. The van der Waals surface area contributed by atoms with Gasteiger partial charge in [0.25, 0.3) is 11.8 Å². The maximum atomic E-state index is 13.5. The van der Waals surface area contributed by atoms with Crippen LogP contribution < -0.4 is 10.6 Å². The molecular formula is C25H30ClN5O2. The molecule has 0 aliphatic heterocycles. The van der Waals surface area contributed by atoms with Gasteiger partial charge < -0.3 is 10.6 Å². The van der Waals surface area contributed by atoms with Crippen LogP contribution in [0.15, 0.2) is 24.3 Å². The van der Waals surface area contributed by atoms with Crippen molar-refractivity contribution in [2.75, 3.05) is 5.32 Å². The van der Waals surface area contributed by atoms with Crippen molar-refractivity contribution < 1.29 is 9.59 Å². The average molecular weight is 468 g/mol. The number of amides is 2. The number of halogens is 1. The van der Waals surface area contributed by atoms with Gasteiger partial charge in [0.1, 0.15) is 0 Å². The van der Waals surface area contributed by atoms with E-state index >= 15 is 0 Å². The SMILES string of the molecule is Cc1nn(C(C)(C)C)c2nc(C3CC3)cc(C(=O)Nc3cc(C(=O)NC(C)C)ccc3Cl)c12. The van der Waals surface area contributed by atoms with Gasteiger partial charge in [-0.05, 0) is 78.6 Å². The Kier molecular flexibility index (Phi) is 5.95. The van der Waals surface area contributed by atoms with Crippen molar-refractivity contribution in [3.05, 3.63) is 51.8 Å². The number of hydrogen-bond donors (Lipinski definition) is 2. The standard InChI is InChI=1S/C25H30ClN5O2/c1-13(2)27-23(32)16-9-10-18(26)20(11-16)29-24(33)17-12-19(15-7-8-15)28-22-21(17)14(3)30-31(22)25(4,5)6/h9-13,15H,7-8H2,1-6H3,(H,27,32)(H,29,33). The van der Waals surface area contributed by atoms with Crippen molar-refractivity contribution in [2.24, 2.45) is 0 Å². The lowest BCUT2D eigenvalue weighted by atomic mass is 10.1. The second kappa shape index (κ2) is 8.45. The third kappa shape index (κ3) is 4.74. The first kappa shape index (κ1) is 23.2. The van der Waals surface area contributed by atoms with E-state index in [1.807, 2.05) is 31.5 Å². The van der Waals surface area contributed by atoms with E-state index in [0.29, 0.717) is 33.4 Å². The Bertz CT molecular complexity index is 1250. The summed E-state index contributed by atoms with van der Waals surface area (Å²) in [6, 6.07) is 6.74. The van der Waals surface area contributed by atoms with Gasteiger partial charge in [-0.1, -0.05) is 11.6 Å². The van der Waals surface area contributed by atoms with E-state index in [1.165, 1.54) is 0 Å². The van der Waals surface area contributed by atoms with E-state index < -0.39 is 0 Å². The second-order valence-corrected chi connectivity index (χ2v) is 10.4. The lowest BCUT2D eigenvalue weighted by molar-refractivity contribution is 0.0942. The molecule has 2 aromatic heterocycles. The van der Waals surface area contributed by atoms with Crippen LogP contribution in [0.4, 0.5) is 5.69 Å². The highest BCUT2D eigenvalue weighted by Gasteiger charge is 2.30. The lowest BCUT2D eigenvalue weighted by Gasteiger charge is -2.20. The van der Waals surface area contributed by atoms with Gasteiger partial charge in [0, 0.05) is 23.2 Å². The Morgan fingerprint density at radius 1 is 1.15 bits per heavy atom. The highest BCUT2D eigenvalue weighted by molar-refractivity contribution is 6.34. The molecule has 0 unspecified atom stereocenters. The zero-order valence-electron chi connectivity index (χ0n) is 19.9. The fraction of sp³-hybridized carbons (Fsp3) is 0.440. The summed E-state index contributed by atoms with van der Waals surface area (Å²) in [5, 5.41) is 11.6. The van der Waals surface area contributed by atoms with Gasteiger partial charge in [-0.15, -0.1) is 0 Å². The zero-order valence-corrected chi connectivity index (χ0v) is 20.7. The third-order valence-electron chi connectivity index (χ3n) is 5.60. The number of anilines is 1. The molecule has 0 bridgehead atoms. The van der Waals surface area contributed by atoms with Crippen LogP contribution in [-0.4, -0.2) is 32.6 Å². The number of benzene rings is 1. The second-order valence-electron chi connectivity index (χ2n) is 10.0. The van der Waals surface area contributed by atoms with Crippen LogP contribution >= 0.6 is 11.6 Å². The Labute approximate surface area is 198 Å². The van der Waals surface area contributed by atoms with Crippen molar-refractivity contribution in [3.63, 3.8) is 0 Å². The summed E-state index contributed by atoms with van der Waals surface area (Å²) in [5.74, 6) is -0.151. The van der Waals surface area contributed by atoms with Crippen LogP contribution in [0.3, 0.4) is 0 Å². The van der Waals surface area contributed by atoms with Crippen molar-refractivity contribution in [1.82, 2.24) is 20.1 Å². The van der Waals surface area contributed by atoms with Crippen molar-refractivity contribution >= 4 is 40.1 Å². The molecule has 1 saturated carbocycles. The van der Waals surface area contributed by atoms with Gasteiger partial charge in [-0.3, -0.25) is 9.59 Å². The van der Waals surface area contributed by atoms with Gasteiger partial charge in [0.05, 0.1) is 32.9 Å². The van der Waals surface area contributed by atoms with Gasteiger partial charge in [-0.25, -0.2) is 9.67 Å². The zero-order chi connectivity index (χ0) is 24.1. The van der Waals surface area contributed by atoms with E-state index in [0.717, 1.165) is 29.6 Å². The van der Waals surface area contributed by atoms with Crippen molar-refractivity contribution in [1.29, 1.82) is 0 Å². The molecule has 4 rings (SSSR count). The number of rotatable bonds is 5. The summed E-state index contributed by atoms with van der Waals surface area (Å²) >= 11 is 6.37. The molecule has 0 atom stereocenters. The Morgan fingerprint density at radius 2 is 1.85 bits per heavy atom. The maximum absolute atomic E-state index is 13.5. The highest BCUT2D eigenvalue weighted by Crippen LogP contribution is 2.41. The minimum atomic E-state index is -0.302. The summed E-state index contributed by atoms with van der Waals surface area (Å²) in [4.78, 5) is 30.8. The molecule has 2 N–H and O–H groups in total. The Hall–Kier alpha value is -2.93. The number of aryl methyl sites for hydroxylation is 1. The first-order chi connectivity index (χ1) is 15.5. The largest absolute Gasteiger partial charge is 0.350 e. The summed E-state index contributed by atoms with van der Waals surface area (Å²) in [7, 11) is 0. The summed E-state index contributed by atoms with van der Waals surface area (Å²) < 4.78 is 1.89. The monoisotopic (exact) mass is 467 g/mol. The number of carbonyl (C=O) groups is 2. The summed E-state index contributed by atoms with van der Waals surface area (Å²) in [6.07, 6.45) is 2.14. The molecule has 0 saturated heterocycles. The van der Waals surface area contributed by atoms with Gasteiger partial charge >= 0.3 is 0 Å². The van der Waals surface area contributed by atoms with Crippen LogP contribution in [0.2, 0.25) is 5.02 Å². The first-order valence-corrected chi connectivity index (χ1v) is 11.7. The molecule has 1 aliphatic rings.